The molecule has 7 heteroatoms. The first-order valence-corrected chi connectivity index (χ1v) is 7.47. The molecule has 0 rings (SSSR count). The van der Waals surface area contributed by atoms with Gasteiger partial charge < -0.3 is 4.74 Å². The molecule has 6 nitrogen and oxygen atoms in total. The number of hydrogen-bond acceptors (Lipinski definition) is 4. The standard InChI is InChI=1S/C11H24N2O4S/c1-7-13(8-2)18(15,16)12-9(3)10(14)17-11(4,5)6/h9,12H,7-8H2,1-6H3/t9-/m0/s1. The third-order valence-electron chi connectivity index (χ3n) is 2.13. The summed E-state index contributed by atoms with van der Waals surface area (Å²) in [6.45, 7) is 10.8. The molecule has 0 heterocycles. The minimum absolute atomic E-state index is 0.354. The number of nitrogens with zero attached hydrogens (tertiary/aromatic N) is 1. The van der Waals surface area contributed by atoms with E-state index in [0.717, 1.165) is 0 Å². The highest BCUT2D eigenvalue weighted by Gasteiger charge is 2.27. The molecule has 0 aromatic heterocycles. The van der Waals surface area contributed by atoms with Crippen LogP contribution in [0.4, 0.5) is 0 Å². The minimum atomic E-state index is -3.64. The van der Waals surface area contributed by atoms with Crippen LogP contribution in [0.2, 0.25) is 0 Å². The predicted molar refractivity (Wildman–Crippen MR) is 70.3 cm³/mol. The first-order chi connectivity index (χ1) is 8.03. The van der Waals surface area contributed by atoms with Crippen LogP contribution in [0.1, 0.15) is 41.5 Å². The fourth-order valence-electron chi connectivity index (χ4n) is 1.30. The summed E-state index contributed by atoms with van der Waals surface area (Å²) in [4.78, 5) is 11.7. The summed E-state index contributed by atoms with van der Waals surface area (Å²) in [5, 5.41) is 0. The second kappa shape index (κ2) is 6.49. The zero-order chi connectivity index (χ0) is 14.6. The van der Waals surface area contributed by atoms with Gasteiger partial charge in [-0.15, -0.1) is 0 Å². The van der Waals surface area contributed by atoms with E-state index in [-0.39, 0.29) is 0 Å². The monoisotopic (exact) mass is 280 g/mol. The number of rotatable bonds is 6. The molecular formula is C11H24N2O4S. The Morgan fingerprint density at radius 3 is 2.06 bits per heavy atom. The summed E-state index contributed by atoms with van der Waals surface area (Å²) in [5.41, 5.74) is -0.633. The van der Waals surface area contributed by atoms with E-state index < -0.39 is 27.8 Å². The highest BCUT2D eigenvalue weighted by atomic mass is 32.2. The Labute approximate surface area is 110 Å². The number of nitrogens with one attached hydrogen (secondary N) is 1. The van der Waals surface area contributed by atoms with Gasteiger partial charge in [-0.1, -0.05) is 13.8 Å². The van der Waals surface area contributed by atoms with Gasteiger partial charge in [0.2, 0.25) is 0 Å². The van der Waals surface area contributed by atoms with Crippen LogP contribution in [0.25, 0.3) is 0 Å². The summed E-state index contributed by atoms with van der Waals surface area (Å²) in [5.74, 6) is -0.585. The lowest BCUT2D eigenvalue weighted by Crippen LogP contribution is -2.48. The van der Waals surface area contributed by atoms with Crippen LogP contribution in [-0.2, 0) is 19.7 Å². The molecule has 0 bridgehead atoms. The highest BCUT2D eigenvalue weighted by molar-refractivity contribution is 7.87. The maximum atomic E-state index is 11.9. The molecule has 108 valence electrons. The van der Waals surface area contributed by atoms with E-state index in [2.05, 4.69) is 4.72 Å². The third-order valence-corrected chi connectivity index (χ3v) is 3.98. The predicted octanol–water partition coefficient (Wildman–Crippen LogP) is 0.893. The van der Waals surface area contributed by atoms with Crippen LogP contribution >= 0.6 is 0 Å². The van der Waals surface area contributed by atoms with Crippen molar-refractivity contribution in [2.24, 2.45) is 0 Å². The lowest BCUT2D eigenvalue weighted by molar-refractivity contribution is -0.156. The fraction of sp³-hybridized carbons (Fsp3) is 0.909. The second-order valence-electron chi connectivity index (χ2n) is 4.96. The summed E-state index contributed by atoms with van der Waals surface area (Å²) < 4.78 is 32.4. The van der Waals surface area contributed by atoms with E-state index in [9.17, 15) is 13.2 Å². The zero-order valence-electron chi connectivity index (χ0n) is 12.0. The number of carbonyl (C=O) groups excluding carboxylic acids is 1. The Hall–Kier alpha value is -0.660. The molecule has 0 aliphatic heterocycles. The van der Waals surface area contributed by atoms with E-state index in [1.165, 1.54) is 11.2 Å². The van der Waals surface area contributed by atoms with Crippen molar-refractivity contribution in [2.75, 3.05) is 13.1 Å². The van der Waals surface area contributed by atoms with Gasteiger partial charge in [-0.2, -0.15) is 17.4 Å². The molecule has 0 aliphatic carbocycles. The van der Waals surface area contributed by atoms with Crippen LogP contribution in [0.3, 0.4) is 0 Å². The van der Waals surface area contributed by atoms with Crippen molar-refractivity contribution in [2.45, 2.75) is 53.2 Å². The third kappa shape index (κ3) is 5.79. The van der Waals surface area contributed by atoms with Crippen molar-refractivity contribution in [3.63, 3.8) is 0 Å². The maximum Gasteiger partial charge on any atom is 0.324 e. The van der Waals surface area contributed by atoms with Gasteiger partial charge in [0, 0.05) is 13.1 Å². The average Bonchev–Trinajstić information content (AvgIpc) is 2.15. The van der Waals surface area contributed by atoms with Gasteiger partial charge in [0.1, 0.15) is 11.6 Å². The van der Waals surface area contributed by atoms with E-state index in [4.69, 9.17) is 4.74 Å². The molecule has 0 unspecified atom stereocenters. The number of ether oxygens (including phenoxy) is 1. The molecule has 0 amide bonds. The van der Waals surface area contributed by atoms with Gasteiger partial charge in [-0.05, 0) is 27.7 Å². The van der Waals surface area contributed by atoms with Crippen LogP contribution in [0, 0.1) is 0 Å². The largest absolute Gasteiger partial charge is 0.459 e. The summed E-state index contributed by atoms with van der Waals surface area (Å²) in [6, 6.07) is -0.908. The molecule has 0 aliphatic rings. The van der Waals surface area contributed by atoms with Crippen molar-refractivity contribution >= 4 is 16.2 Å². The molecule has 0 aromatic carbocycles. The molecule has 18 heavy (non-hydrogen) atoms. The molecule has 0 saturated carbocycles. The normalized spacial score (nSPS) is 14.6. The van der Waals surface area contributed by atoms with Gasteiger partial charge in [0.05, 0.1) is 0 Å². The first-order valence-electron chi connectivity index (χ1n) is 6.03. The first kappa shape index (κ1) is 17.3. The van der Waals surface area contributed by atoms with Gasteiger partial charge in [-0.25, -0.2) is 0 Å². The van der Waals surface area contributed by atoms with Crippen molar-refractivity contribution < 1.29 is 17.9 Å². The molecular weight excluding hydrogens is 256 g/mol. The van der Waals surface area contributed by atoms with E-state index >= 15 is 0 Å². The summed E-state index contributed by atoms with van der Waals surface area (Å²) in [7, 11) is -3.64. The van der Waals surface area contributed by atoms with Crippen LogP contribution in [0.5, 0.6) is 0 Å². The quantitative estimate of drug-likeness (QED) is 0.733. The summed E-state index contributed by atoms with van der Waals surface area (Å²) in [6.07, 6.45) is 0. The van der Waals surface area contributed by atoms with Crippen molar-refractivity contribution in [1.82, 2.24) is 9.03 Å². The van der Waals surface area contributed by atoms with E-state index in [0.29, 0.717) is 13.1 Å². The average molecular weight is 280 g/mol. The molecule has 0 radical (unpaired) electrons. The molecule has 0 spiro atoms. The van der Waals surface area contributed by atoms with Crippen molar-refractivity contribution in [3.8, 4) is 0 Å². The Morgan fingerprint density at radius 1 is 1.28 bits per heavy atom. The van der Waals surface area contributed by atoms with E-state index in [1.807, 2.05) is 0 Å². The van der Waals surface area contributed by atoms with Gasteiger partial charge in [0.15, 0.2) is 0 Å². The van der Waals surface area contributed by atoms with Gasteiger partial charge in [0.25, 0.3) is 10.2 Å². The van der Waals surface area contributed by atoms with Crippen molar-refractivity contribution in [1.29, 1.82) is 0 Å². The minimum Gasteiger partial charge on any atom is -0.459 e. The van der Waals surface area contributed by atoms with Crippen LogP contribution < -0.4 is 4.72 Å². The summed E-state index contributed by atoms with van der Waals surface area (Å²) >= 11 is 0. The van der Waals surface area contributed by atoms with Gasteiger partial charge in [-0.3, -0.25) is 4.79 Å². The smallest absolute Gasteiger partial charge is 0.324 e. The van der Waals surface area contributed by atoms with Gasteiger partial charge >= 0.3 is 5.97 Å². The SMILES string of the molecule is CCN(CC)S(=O)(=O)N[C@@H](C)C(=O)OC(C)(C)C. The van der Waals surface area contributed by atoms with Crippen LogP contribution in [-0.4, -0.2) is 43.4 Å². The fourth-order valence-corrected chi connectivity index (χ4v) is 2.67. The lowest BCUT2D eigenvalue weighted by atomic mass is 10.2. The maximum absolute atomic E-state index is 11.9. The Kier molecular flexibility index (Phi) is 6.25. The molecule has 1 atom stereocenters. The van der Waals surface area contributed by atoms with E-state index in [1.54, 1.807) is 34.6 Å². The highest BCUT2D eigenvalue weighted by Crippen LogP contribution is 2.09. The molecule has 0 aromatic rings. The van der Waals surface area contributed by atoms with Crippen LogP contribution in [0.15, 0.2) is 0 Å². The Morgan fingerprint density at radius 2 is 1.72 bits per heavy atom. The zero-order valence-corrected chi connectivity index (χ0v) is 12.8. The number of hydrogen-bond donors (Lipinski definition) is 1. The molecule has 0 saturated heterocycles. The lowest BCUT2D eigenvalue weighted by Gasteiger charge is -2.25. The van der Waals surface area contributed by atoms with Crippen molar-refractivity contribution in [3.05, 3.63) is 0 Å². The topological polar surface area (TPSA) is 75.7 Å². The number of esters is 1. The Bertz CT molecular complexity index is 369. The Balaban J connectivity index is 4.66. The second-order valence-corrected chi connectivity index (χ2v) is 6.66. The molecule has 0 fully saturated rings. The number of carbonyl (C=O) groups is 1. The molecule has 1 N–H and O–H groups in total.